The lowest BCUT2D eigenvalue weighted by Gasteiger charge is -2.33. The molecule has 18 heavy (non-hydrogen) atoms. The number of aliphatic hydroxyl groups excluding tert-OH is 1. The van der Waals surface area contributed by atoms with E-state index in [2.05, 4.69) is 41.0 Å². The van der Waals surface area contributed by atoms with Crippen molar-refractivity contribution in [1.82, 2.24) is 4.90 Å². The summed E-state index contributed by atoms with van der Waals surface area (Å²) in [6.45, 7) is 0.228. The van der Waals surface area contributed by atoms with Crippen LogP contribution in [0.1, 0.15) is 24.4 Å². The number of rotatable bonds is 5. The van der Waals surface area contributed by atoms with Crippen molar-refractivity contribution < 1.29 is 9.84 Å². The number of halogens is 1. The van der Waals surface area contributed by atoms with E-state index in [1.807, 2.05) is 12.1 Å². The van der Waals surface area contributed by atoms with Gasteiger partial charge >= 0.3 is 0 Å². The van der Waals surface area contributed by atoms with Crippen LogP contribution in [0, 0.1) is 5.41 Å². The summed E-state index contributed by atoms with van der Waals surface area (Å²) in [6.07, 6.45) is 2.14. The molecule has 0 spiro atoms. The minimum absolute atomic E-state index is 0.00241. The van der Waals surface area contributed by atoms with Gasteiger partial charge in [0.25, 0.3) is 0 Å². The number of nitrogens with zero attached hydrogens (tertiary/aromatic N) is 1. The van der Waals surface area contributed by atoms with E-state index in [9.17, 15) is 5.11 Å². The van der Waals surface area contributed by atoms with E-state index < -0.39 is 0 Å². The molecule has 1 fully saturated rings. The van der Waals surface area contributed by atoms with Crippen LogP contribution in [-0.4, -0.2) is 37.8 Å². The molecule has 0 amide bonds. The average Bonchev–Trinajstić information content (AvgIpc) is 3.10. The summed E-state index contributed by atoms with van der Waals surface area (Å²) >= 11 is 3.52. The molecule has 0 aliphatic heterocycles. The highest BCUT2D eigenvalue weighted by molar-refractivity contribution is 9.10. The summed E-state index contributed by atoms with van der Waals surface area (Å²) in [4.78, 5) is 2.17. The maximum atomic E-state index is 9.69. The van der Waals surface area contributed by atoms with Crippen molar-refractivity contribution in [3.05, 3.63) is 28.2 Å². The Morgan fingerprint density at radius 2 is 2.11 bits per heavy atom. The maximum Gasteiger partial charge on any atom is 0.123 e. The number of aliphatic hydroxyl groups is 1. The van der Waals surface area contributed by atoms with Crippen LogP contribution in [0.25, 0.3) is 0 Å². The summed E-state index contributed by atoms with van der Waals surface area (Å²) in [5.41, 5.74) is 1.14. The van der Waals surface area contributed by atoms with Crippen molar-refractivity contribution in [2.45, 2.75) is 18.9 Å². The van der Waals surface area contributed by atoms with Crippen LogP contribution in [0.15, 0.2) is 22.7 Å². The van der Waals surface area contributed by atoms with Crippen LogP contribution in [0.4, 0.5) is 0 Å². The highest BCUT2D eigenvalue weighted by atomic mass is 79.9. The third kappa shape index (κ3) is 2.42. The zero-order chi connectivity index (χ0) is 13.3. The van der Waals surface area contributed by atoms with E-state index in [-0.39, 0.29) is 18.1 Å². The van der Waals surface area contributed by atoms with Gasteiger partial charge in [0, 0.05) is 21.5 Å². The molecule has 1 unspecified atom stereocenters. The monoisotopic (exact) mass is 313 g/mol. The van der Waals surface area contributed by atoms with Crippen molar-refractivity contribution in [2.24, 2.45) is 5.41 Å². The molecule has 1 N–H and O–H groups in total. The van der Waals surface area contributed by atoms with Crippen molar-refractivity contribution in [3.63, 3.8) is 0 Å². The number of hydrogen-bond acceptors (Lipinski definition) is 3. The molecule has 1 saturated carbocycles. The molecule has 2 rings (SSSR count). The first-order chi connectivity index (χ1) is 8.54. The maximum absolute atomic E-state index is 9.69. The summed E-state index contributed by atoms with van der Waals surface area (Å²) in [7, 11) is 5.81. The molecule has 1 atom stereocenters. The van der Waals surface area contributed by atoms with Gasteiger partial charge in [-0.05, 0) is 45.1 Å². The SMILES string of the molecule is COc1ccc(Br)cc1C(N(C)C)C1(CO)CC1. The highest BCUT2D eigenvalue weighted by Gasteiger charge is 2.51. The van der Waals surface area contributed by atoms with E-state index >= 15 is 0 Å². The molecular weight excluding hydrogens is 294 g/mol. The smallest absolute Gasteiger partial charge is 0.123 e. The van der Waals surface area contributed by atoms with Gasteiger partial charge in [0.2, 0.25) is 0 Å². The Morgan fingerprint density at radius 3 is 2.56 bits per heavy atom. The van der Waals surface area contributed by atoms with Crippen LogP contribution in [-0.2, 0) is 0 Å². The zero-order valence-electron chi connectivity index (χ0n) is 11.1. The first-order valence-corrected chi connectivity index (χ1v) is 6.94. The van der Waals surface area contributed by atoms with E-state index in [4.69, 9.17) is 4.74 Å². The predicted octanol–water partition coefficient (Wildman–Crippen LogP) is 2.83. The van der Waals surface area contributed by atoms with E-state index in [1.54, 1.807) is 7.11 Å². The van der Waals surface area contributed by atoms with Gasteiger partial charge in [0.1, 0.15) is 5.75 Å². The van der Waals surface area contributed by atoms with Crippen molar-refractivity contribution in [2.75, 3.05) is 27.8 Å². The summed E-state index contributed by atoms with van der Waals surface area (Å²) in [5, 5.41) is 9.69. The van der Waals surface area contributed by atoms with Gasteiger partial charge in [-0.15, -0.1) is 0 Å². The number of ether oxygens (including phenoxy) is 1. The molecule has 100 valence electrons. The fraction of sp³-hybridized carbons (Fsp3) is 0.571. The molecule has 0 bridgehead atoms. The van der Waals surface area contributed by atoms with Crippen LogP contribution < -0.4 is 4.74 Å². The molecule has 3 nitrogen and oxygen atoms in total. The highest BCUT2D eigenvalue weighted by Crippen LogP contribution is 2.57. The third-order valence-electron chi connectivity index (χ3n) is 3.79. The lowest BCUT2D eigenvalue weighted by atomic mass is 9.89. The second kappa shape index (κ2) is 5.19. The Morgan fingerprint density at radius 1 is 1.44 bits per heavy atom. The number of benzene rings is 1. The van der Waals surface area contributed by atoms with Crippen molar-refractivity contribution in [1.29, 1.82) is 0 Å². The zero-order valence-corrected chi connectivity index (χ0v) is 12.7. The van der Waals surface area contributed by atoms with E-state index in [1.165, 1.54) is 0 Å². The summed E-state index contributed by atoms with van der Waals surface area (Å²) < 4.78 is 6.51. The van der Waals surface area contributed by atoms with Gasteiger partial charge in [-0.2, -0.15) is 0 Å². The molecule has 1 aliphatic rings. The molecule has 0 aromatic heterocycles. The number of methoxy groups -OCH3 is 1. The first-order valence-electron chi connectivity index (χ1n) is 6.15. The number of hydrogen-bond donors (Lipinski definition) is 1. The first kappa shape index (κ1) is 13.8. The Hall–Kier alpha value is -0.580. The normalized spacial score (nSPS) is 18.8. The van der Waals surface area contributed by atoms with E-state index in [0.717, 1.165) is 28.6 Å². The molecule has 0 heterocycles. The molecular formula is C14H20BrNO2. The van der Waals surface area contributed by atoms with Gasteiger partial charge in [0.05, 0.1) is 13.7 Å². The lowest BCUT2D eigenvalue weighted by molar-refractivity contribution is 0.114. The third-order valence-corrected chi connectivity index (χ3v) is 4.28. The summed E-state index contributed by atoms with van der Waals surface area (Å²) in [5.74, 6) is 0.886. The van der Waals surface area contributed by atoms with Gasteiger partial charge in [-0.3, -0.25) is 0 Å². The van der Waals surface area contributed by atoms with Crippen molar-refractivity contribution >= 4 is 15.9 Å². The van der Waals surface area contributed by atoms with Crippen LogP contribution in [0.3, 0.4) is 0 Å². The molecule has 1 aromatic carbocycles. The van der Waals surface area contributed by atoms with Crippen LogP contribution in [0.2, 0.25) is 0 Å². The summed E-state index contributed by atoms with van der Waals surface area (Å²) in [6, 6.07) is 6.24. The van der Waals surface area contributed by atoms with Gasteiger partial charge in [-0.25, -0.2) is 0 Å². The largest absolute Gasteiger partial charge is 0.496 e. The molecule has 1 aromatic rings. The Bertz CT molecular complexity index is 430. The molecule has 0 radical (unpaired) electrons. The Kier molecular flexibility index (Phi) is 3.99. The van der Waals surface area contributed by atoms with Gasteiger partial charge in [-0.1, -0.05) is 15.9 Å². The van der Waals surface area contributed by atoms with Gasteiger partial charge < -0.3 is 14.7 Å². The molecule has 1 aliphatic carbocycles. The standard InChI is InChI=1S/C14H20BrNO2/c1-16(2)13(14(9-17)6-7-14)11-8-10(15)4-5-12(11)18-3/h4-5,8,13,17H,6-7,9H2,1-3H3. The second-order valence-corrected chi connectivity index (χ2v) is 6.19. The Labute approximate surface area is 117 Å². The van der Waals surface area contributed by atoms with Gasteiger partial charge in [0.15, 0.2) is 0 Å². The van der Waals surface area contributed by atoms with Crippen LogP contribution in [0.5, 0.6) is 5.75 Å². The molecule has 4 heteroatoms. The predicted molar refractivity (Wildman–Crippen MR) is 75.9 cm³/mol. The quantitative estimate of drug-likeness (QED) is 0.907. The minimum atomic E-state index is -0.00241. The Balaban J connectivity index is 2.46. The van der Waals surface area contributed by atoms with E-state index in [0.29, 0.717) is 0 Å². The lowest BCUT2D eigenvalue weighted by Crippen LogP contribution is -2.31. The fourth-order valence-corrected chi connectivity index (χ4v) is 3.13. The van der Waals surface area contributed by atoms with Crippen molar-refractivity contribution in [3.8, 4) is 5.75 Å². The molecule has 0 saturated heterocycles. The second-order valence-electron chi connectivity index (χ2n) is 5.27. The fourth-order valence-electron chi connectivity index (χ4n) is 2.75. The average molecular weight is 314 g/mol. The minimum Gasteiger partial charge on any atom is -0.496 e. The van der Waals surface area contributed by atoms with Crippen LogP contribution >= 0.6 is 15.9 Å². The topological polar surface area (TPSA) is 32.7 Å².